The Morgan fingerprint density at radius 3 is 2.42 bits per heavy atom. The maximum atomic E-state index is 6.13. The number of H-pyrrole nitrogens is 1. The number of nitrogens with one attached hydrogen (secondary N) is 1. The van der Waals surface area contributed by atoms with Crippen LogP contribution in [0, 0.1) is 0 Å². The summed E-state index contributed by atoms with van der Waals surface area (Å²) in [4.78, 5) is 21.1. The third kappa shape index (κ3) is 3.27. The zero-order valence-electron chi connectivity index (χ0n) is 15.3. The largest absolute Gasteiger partial charge is 0.354 e. The standard InChI is InChI=1S/C19H23ClN6/c1-19(2,3)26-8-6-25(7-9-26)16-5-4-13(11-21-16)15-10-14-17(20)22-12-23-18(14)24-15/h4-5,10-12H,6-9H2,1-3H3,(H,22,23,24). The number of nitrogens with zero attached hydrogens (tertiary/aromatic N) is 5. The number of hydrogen-bond donors (Lipinski definition) is 1. The Hall–Kier alpha value is -2.18. The Morgan fingerprint density at radius 1 is 1.04 bits per heavy atom. The van der Waals surface area contributed by atoms with Gasteiger partial charge >= 0.3 is 0 Å². The maximum Gasteiger partial charge on any atom is 0.142 e. The molecule has 0 bridgehead atoms. The van der Waals surface area contributed by atoms with Crippen LogP contribution in [0.2, 0.25) is 5.15 Å². The van der Waals surface area contributed by atoms with Crippen LogP contribution >= 0.6 is 11.6 Å². The van der Waals surface area contributed by atoms with E-state index < -0.39 is 0 Å². The van der Waals surface area contributed by atoms with Crippen LogP contribution in [-0.4, -0.2) is 56.6 Å². The van der Waals surface area contributed by atoms with Gasteiger partial charge < -0.3 is 9.88 Å². The van der Waals surface area contributed by atoms with E-state index in [0.717, 1.165) is 54.3 Å². The second kappa shape index (κ2) is 6.52. The van der Waals surface area contributed by atoms with Crippen LogP contribution in [0.25, 0.3) is 22.3 Å². The number of pyridine rings is 1. The molecule has 6 nitrogen and oxygen atoms in total. The van der Waals surface area contributed by atoms with E-state index in [-0.39, 0.29) is 5.54 Å². The predicted molar refractivity (Wildman–Crippen MR) is 106 cm³/mol. The quantitative estimate of drug-likeness (QED) is 0.698. The fraction of sp³-hybridized carbons (Fsp3) is 0.421. The van der Waals surface area contributed by atoms with Gasteiger partial charge in [-0.25, -0.2) is 15.0 Å². The van der Waals surface area contributed by atoms with Crippen molar-refractivity contribution in [2.24, 2.45) is 0 Å². The number of anilines is 1. The Bertz CT molecular complexity index is 904. The van der Waals surface area contributed by atoms with Crippen molar-refractivity contribution >= 4 is 28.5 Å². The molecular weight excluding hydrogens is 348 g/mol. The summed E-state index contributed by atoms with van der Waals surface area (Å²) in [7, 11) is 0. The van der Waals surface area contributed by atoms with E-state index in [9.17, 15) is 0 Å². The van der Waals surface area contributed by atoms with Crippen molar-refractivity contribution in [3.8, 4) is 11.3 Å². The second-order valence-corrected chi connectivity index (χ2v) is 8.02. The molecule has 0 radical (unpaired) electrons. The van der Waals surface area contributed by atoms with E-state index in [1.54, 1.807) is 0 Å². The minimum absolute atomic E-state index is 0.225. The van der Waals surface area contributed by atoms with Crippen LogP contribution < -0.4 is 4.90 Å². The first-order valence-corrected chi connectivity index (χ1v) is 9.25. The van der Waals surface area contributed by atoms with Crippen LogP contribution in [-0.2, 0) is 0 Å². The van der Waals surface area contributed by atoms with E-state index in [1.807, 2.05) is 12.3 Å². The molecule has 0 amide bonds. The molecule has 0 spiro atoms. The predicted octanol–water partition coefficient (Wildman–Crippen LogP) is 3.59. The minimum atomic E-state index is 0.225. The van der Waals surface area contributed by atoms with Crippen molar-refractivity contribution in [2.45, 2.75) is 26.3 Å². The van der Waals surface area contributed by atoms with E-state index in [4.69, 9.17) is 11.6 Å². The van der Waals surface area contributed by atoms with Crippen LogP contribution in [0.15, 0.2) is 30.7 Å². The van der Waals surface area contributed by atoms with E-state index in [2.05, 4.69) is 62.6 Å². The van der Waals surface area contributed by atoms with Crippen LogP contribution in [0.3, 0.4) is 0 Å². The molecule has 0 unspecified atom stereocenters. The van der Waals surface area contributed by atoms with E-state index in [0.29, 0.717) is 5.15 Å². The van der Waals surface area contributed by atoms with Gasteiger partial charge in [0.05, 0.1) is 5.39 Å². The molecule has 4 heterocycles. The SMILES string of the molecule is CC(C)(C)N1CCN(c2ccc(-c3cc4c(Cl)ncnc4[nH]3)cn2)CC1. The Kier molecular flexibility index (Phi) is 4.32. The van der Waals surface area contributed by atoms with Crippen molar-refractivity contribution in [3.63, 3.8) is 0 Å². The van der Waals surface area contributed by atoms with Crippen LogP contribution in [0.4, 0.5) is 5.82 Å². The van der Waals surface area contributed by atoms with Gasteiger partial charge in [0, 0.05) is 49.2 Å². The lowest BCUT2D eigenvalue weighted by molar-refractivity contribution is 0.128. The molecule has 3 aromatic heterocycles. The molecule has 26 heavy (non-hydrogen) atoms. The molecule has 3 aromatic rings. The van der Waals surface area contributed by atoms with Crippen molar-refractivity contribution in [1.82, 2.24) is 24.8 Å². The summed E-state index contributed by atoms with van der Waals surface area (Å²) in [5.74, 6) is 1.02. The number of halogens is 1. The smallest absolute Gasteiger partial charge is 0.142 e. The Labute approximate surface area is 158 Å². The number of fused-ring (bicyclic) bond motifs is 1. The van der Waals surface area contributed by atoms with Gasteiger partial charge in [-0.05, 0) is 39.0 Å². The first-order chi connectivity index (χ1) is 12.4. The van der Waals surface area contributed by atoms with Gasteiger partial charge in [-0.1, -0.05) is 11.6 Å². The van der Waals surface area contributed by atoms with E-state index >= 15 is 0 Å². The normalized spacial score (nSPS) is 16.4. The van der Waals surface area contributed by atoms with Gasteiger partial charge in [-0.3, -0.25) is 4.90 Å². The summed E-state index contributed by atoms with van der Waals surface area (Å²) < 4.78 is 0. The molecule has 0 aromatic carbocycles. The van der Waals surface area contributed by atoms with Gasteiger partial charge in [-0.2, -0.15) is 0 Å². The zero-order chi connectivity index (χ0) is 18.3. The van der Waals surface area contributed by atoms with Gasteiger partial charge in [-0.15, -0.1) is 0 Å². The average molecular weight is 371 g/mol. The molecule has 0 aliphatic carbocycles. The monoisotopic (exact) mass is 370 g/mol. The summed E-state index contributed by atoms with van der Waals surface area (Å²) in [5, 5.41) is 1.28. The summed E-state index contributed by atoms with van der Waals surface area (Å²) in [5.41, 5.74) is 2.92. The topological polar surface area (TPSA) is 60.9 Å². The Morgan fingerprint density at radius 2 is 1.81 bits per heavy atom. The molecular formula is C19H23ClN6. The summed E-state index contributed by atoms with van der Waals surface area (Å²) in [6, 6.07) is 6.14. The molecule has 1 aliphatic heterocycles. The number of aromatic nitrogens is 4. The van der Waals surface area contributed by atoms with Crippen LogP contribution in [0.5, 0.6) is 0 Å². The molecule has 1 aliphatic rings. The van der Waals surface area contributed by atoms with Gasteiger partial charge in [0.15, 0.2) is 0 Å². The lowest BCUT2D eigenvalue weighted by Crippen LogP contribution is -2.53. The summed E-state index contributed by atoms with van der Waals surface area (Å²) >= 11 is 6.13. The highest BCUT2D eigenvalue weighted by Gasteiger charge is 2.26. The van der Waals surface area contributed by atoms with Gasteiger partial charge in [0.25, 0.3) is 0 Å². The lowest BCUT2D eigenvalue weighted by Gasteiger charge is -2.42. The number of aromatic amines is 1. The third-order valence-electron chi connectivity index (χ3n) is 4.99. The maximum absolute atomic E-state index is 6.13. The minimum Gasteiger partial charge on any atom is -0.354 e. The molecule has 1 N–H and O–H groups in total. The van der Waals surface area contributed by atoms with Crippen molar-refractivity contribution < 1.29 is 0 Å². The summed E-state index contributed by atoms with van der Waals surface area (Å²) in [6.45, 7) is 10.9. The highest BCUT2D eigenvalue weighted by atomic mass is 35.5. The first kappa shape index (κ1) is 17.2. The summed E-state index contributed by atoms with van der Waals surface area (Å²) in [6.07, 6.45) is 3.36. The first-order valence-electron chi connectivity index (χ1n) is 8.87. The number of hydrogen-bond acceptors (Lipinski definition) is 5. The van der Waals surface area contributed by atoms with E-state index in [1.165, 1.54) is 6.33 Å². The molecule has 7 heteroatoms. The number of rotatable bonds is 2. The molecule has 1 saturated heterocycles. The third-order valence-corrected chi connectivity index (χ3v) is 5.29. The molecule has 0 saturated carbocycles. The molecule has 0 atom stereocenters. The fourth-order valence-electron chi connectivity index (χ4n) is 3.40. The fourth-order valence-corrected chi connectivity index (χ4v) is 3.59. The molecule has 4 rings (SSSR count). The van der Waals surface area contributed by atoms with Crippen molar-refractivity contribution in [2.75, 3.05) is 31.1 Å². The second-order valence-electron chi connectivity index (χ2n) is 7.66. The highest BCUT2D eigenvalue weighted by Crippen LogP contribution is 2.27. The number of piperazine rings is 1. The zero-order valence-corrected chi connectivity index (χ0v) is 16.1. The highest BCUT2D eigenvalue weighted by molar-refractivity contribution is 6.34. The molecule has 1 fully saturated rings. The van der Waals surface area contributed by atoms with Gasteiger partial charge in [0.2, 0.25) is 0 Å². The van der Waals surface area contributed by atoms with Gasteiger partial charge in [0.1, 0.15) is 22.9 Å². The van der Waals surface area contributed by atoms with Crippen molar-refractivity contribution in [3.05, 3.63) is 35.9 Å². The van der Waals surface area contributed by atoms with Crippen molar-refractivity contribution in [1.29, 1.82) is 0 Å². The lowest BCUT2D eigenvalue weighted by atomic mass is 10.0. The van der Waals surface area contributed by atoms with Crippen LogP contribution in [0.1, 0.15) is 20.8 Å². The molecule has 136 valence electrons. The average Bonchev–Trinajstić information content (AvgIpc) is 3.07. The Balaban J connectivity index is 1.51.